The molecule has 0 aliphatic heterocycles. The van der Waals surface area contributed by atoms with Crippen molar-refractivity contribution in [1.29, 1.82) is 0 Å². The molecule has 1 amide bonds. The van der Waals surface area contributed by atoms with E-state index in [1.807, 2.05) is 6.92 Å². The van der Waals surface area contributed by atoms with Crippen molar-refractivity contribution in [1.82, 2.24) is 0 Å². The van der Waals surface area contributed by atoms with E-state index in [2.05, 4.69) is 19.2 Å². The summed E-state index contributed by atoms with van der Waals surface area (Å²) in [6, 6.07) is 4.29. The van der Waals surface area contributed by atoms with Crippen molar-refractivity contribution in [3.8, 4) is 0 Å². The SMILES string of the molecule is Cc1ccc(Cl)cc1NC(=O)C[C@H]([NH2+]CCC(C)C)C(=O)[O-]. The minimum atomic E-state index is -1.22. The van der Waals surface area contributed by atoms with Gasteiger partial charge in [-0.1, -0.05) is 31.5 Å². The molecule has 1 aromatic carbocycles. The summed E-state index contributed by atoms with van der Waals surface area (Å²) < 4.78 is 0. The number of carboxylic acid groups (broad SMARTS) is 1. The first kappa shape index (κ1) is 18.5. The third kappa shape index (κ3) is 6.45. The van der Waals surface area contributed by atoms with Gasteiger partial charge in [0, 0.05) is 10.7 Å². The lowest BCUT2D eigenvalue weighted by Gasteiger charge is -2.17. The first-order valence-corrected chi connectivity index (χ1v) is 7.77. The van der Waals surface area contributed by atoms with Gasteiger partial charge in [-0.2, -0.15) is 0 Å². The van der Waals surface area contributed by atoms with Crippen LogP contribution in [0.15, 0.2) is 18.2 Å². The molecule has 0 unspecified atom stereocenters. The molecule has 0 aliphatic carbocycles. The predicted octanol–water partition coefficient (Wildman–Crippen LogP) is 0.705. The highest BCUT2D eigenvalue weighted by Crippen LogP contribution is 2.20. The second-order valence-corrected chi connectivity index (χ2v) is 6.28. The normalized spacial score (nSPS) is 12.2. The summed E-state index contributed by atoms with van der Waals surface area (Å²) in [5.41, 5.74) is 1.46. The number of aryl methyl sites for hydroxylation is 1. The molecule has 0 radical (unpaired) electrons. The highest BCUT2D eigenvalue weighted by atomic mass is 35.5. The number of hydrogen-bond acceptors (Lipinski definition) is 3. The molecule has 0 fully saturated rings. The minimum absolute atomic E-state index is 0.133. The number of nitrogens with two attached hydrogens (primary N) is 1. The number of halogens is 1. The van der Waals surface area contributed by atoms with Crippen molar-refractivity contribution in [2.45, 2.75) is 39.7 Å². The van der Waals surface area contributed by atoms with E-state index in [4.69, 9.17) is 11.6 Å². The van der Waals surface area contributed by atoms with E-state index in [0.717, 1.165) is 12.0 Å². The number of hydrogen-bond donors (Lipinski definition) is 2. The fourth-order valence-electron chi connectivity index (χ4n) is 2.02. The lowest BCUT2D eigenvalue weighted by Crippen LogP contribution is -2.93. The molecule has 3 N–H and O–H groups in total. The Morgan fingerprint density at radius 2 is 2.05 bits per heavy atom. The number of carboxylic acids is 1. The van der Waals surface area contributed by atoms with Crippen LogP contribution < -0.4 is 15.7 Å². The summed E-state index contributed by atoms with van der Waals surface area (Å²) in [6.07, 6.45) is 0.755. The second-order valence-electron chi connectivity index (χ2n) is 5.84. The van der Waals surface area contributed by atoms with Crippen LogP contribution in [0.25, 0.3) is 0 Å². The topological polar surface area (TPSA) is 85.8 Å². The number of carbonyl (C=O) groups excluding carboxylic acids is 2. The number of carbonyl (C=O) groups is 2. The van der Waals surface area contributed by atoms with Gasteiger partial charge in [0.1, 0.15) is 6.04 Å². The predicted molar refractivity (Wildman–Crippen MR) is 84.5 cm³/mol. The number of nitrogens with one attached hydrogen (secondary N) is 1. The molecule has 122 valence electrons. The van der Waals surface area contributed by atoms with Crippen LogP contribution in [-0.2, 0) is 9.59 Å². The van der Waals surface area contributed by atoms with E-state index < -0.39 is 12.0 Å². The van der Waals surface area contributed by atoms with Crippen molar-refractivity contribution < 1.29 is 20.0 Å². The van der Waals surface area contributed by atoms with Gasteiger partial charge in [0.2, 0.25) is 5.91 Å². The van der Waals surface area contributed by atoms with Gasteiger partial charge in [0.05, 0.1) is 18.9 Å². The van der Waals surface area contributed by atoms with Gasteiger partial charge in [-0.25, -0.2) is 0 Å². The van der Waals surface area contributed by atoms with Crippen molar-refractivity contribution in [2.75, 3.05) is 11.9 Å². The number of aliphatic carboxylic acids is 1. The molecule has 0 aromatic heterocycles. The number of benzene rings is 1. The third-order valence-electron chi connectivity index (χ3n) is 3.38. The van der Waals surface area contributed by atoms with Crippen LogP contribution in [0.3, 0.4) is 0 Å². The van der Waals surface area contributed by atoms with Crippen LogP contribution >= 0.6 is 11.6 Å². The average Bonchev–Trinajstić information content (AvgIpc) is 2.41. The van der Waals surface area contributed by atoms with Gasteiger partial charge in [0.15, 0.2) is 0 Å². The summed E-state index contributed by atoms with van der Waals surface area (Å²) in [6.45, 7) is 6.63. The average molecular weight is 327 g/mol. The van der Waals surface area contributed by atoms with Gasteiger partial charge >= 0.3 is 0 Å². The van der Waals surface area contributed by atoms with Gasteiger partial charge in [0.25, 0.3) is 0 Å². The molecule has 0 spiro atoms. The van der Waals surface area contributed by atoms with Crippen molar-refractivity contribution in [3.05, 3.63) is 28.8 Å². The van der Waals surface area contributed by atoms with Crippen LogP contribution in [0.2, 0.25) is 5.02 Å². The highest BCUT2D eigenvalue weighted by Gasteiger charge is 2.18. The molecule has 0 saturated carbocycles. The van der Waals surface area contributed by atoms with Gasteiger partial charge in [-0.3, -0.25) is 4.79 Å². The molecule has 1 atom stereocenters. The molecule has 0 heterocycles. The molecule has 0 saturated heterocycles. The van der Waals surface area contributed by atoms with E-state index in [0.29, 0.717) is 23.2 Å². The Morgan fingerprint density at radius 1 is 1.36 bits per heavy atom. The van der Waals surface area contributed by atoms with Crippen LogP contribution in [0.5, 0.6) is 0 Å². The summed E-state index contributed by atoms with van der Waals surface area (Å²) in [4.78, 5) is 23.2. The van der Waals surface area contributed by atoms with Crippen LogP contribution in [0, 0.1) is 12.8 Å². The van der Waals surface area contributed by atoms with Gasteiger partial charge in [-0.05, 0) is 37.0 Å². The van der Waals surface area contributed by atoms with Crippen molar-refractivity contribution in [3.63, 3.8) is 0 Å². The van der Waals surface area contributed by atoms with E-state index in [-0.39, 0.29) is 12.3 Å². The van der Waals surface area contributed by atoms with Crippen LogP contribution in [0.1, 0.15) is 32.3 Å². The zero-order valence-corrected chi connectivity index (χ0v) is 13.9. The Hall–Kier alpha value is -1.59. The number of amides is 1. The highest BCUT2D eigenvalue weighted by molar-refractivity contribution is 6.31. The summed E-state index contributed by atoms with van der Waals surface area (Å²) in [7, 11) is 0. The number of quaternary nitrogens is 1. The van der Waals surface area contributed by atoms with E-state index in [1.165, 1.54) is 0 Å². The number of anilines is 1. The molecule has 6 heteroatoms. The Bertz CT molecular complexity index is 532. The zero-order chi connectivity index (χ0) is 16.7. The van der Waals surface area contributed by atoms with Crippen LogP contribution in [0.4, 0.5) is 5.69 Å². The van der Waals surface area contributed by atoms with E-state index in [1.54, 1.807) is 23.5 Å². The van der Waals surface area contributed by atoms with Crippen molar-refractivity contribution in [2.24, 2.45) is 5.92 Å². The fourth-order valence-corrected chi connectivity index (χ4v) is 2.20. The largest absolute Gasteiger partial charge is 0.544 e. The molecule has 22 heavy (non-hydrogen) atoms. The maximum Gasteiger partial charge on any atom is 0.230 e. The Morgan fingerprint density at radius 3 is 2.64 bits per heavy atom. The molecule has 0 aliphatic rings. The first-order chi connectivity index (χ1) is 10.3. The minimum Gasteiger partial charge on any atom is -0.544 e. The fraction of sp³-hybridized carbons (Fsp3) is 0.500. The Balaban J connectivity index is 2.59. The second kappa shape index (κ2) is 8.76. The maximum absolute atomic E-state index is 12.0. The maximum atomic E-state index is 12.0. The van der Waals surface area contributed by atoms with Crippen LogP contribution in [-0.4, -0.2) is 24.5 Å². The lowest BCUT2D eigenvalue weighted by molar-refractivity contribution is -0.683. The third-order valence-corrected chi connectivity index (χ3v) is 3.61. The standard InChI is InChI=1S/C16H23ClN2O3/c1-10(2)6-7-18-14(16(21)22)9-15(20)19-13-8-12(17)5-4-11(13)3/h4-5,8,10,14,18H,6-7,9H2,1-3H3,(H,19,20)(H,21,22)/t14-/m0/s1. The number of rotatable bonds is 8. The van der Waals surface area contributed by atoms with Crippen molar-refractivity contribution >= 4 is 29.2 Å². The molecule has 0 bridgehead atoms. The zero-order valence-electron chi connectivity index (χ0n) is 13.2. The molecule has 1 aromatic rings. The van der Waals surface area contributed by atoms with Gasteiger partial charge in [-0.15, -0.1) is 0 Å². The molecule has 5 nitrogen and oxygen atoms in total. The summed E-state index contributed by atoms with van der Waals surface area (Å²) in [5.74, 6) is -1.09. The Labute approximate surface area is 136 Å². The summed E-state index contributed by atoms with van der Waals surface area (Å²) >= 11 is 5.89. The first-order valence-electron chi connectivity index (χ1n) is 7.39. The molecule has 1 rings (SSSR count). The monoisotopic (exact) mass is 326 g/mol. The van der Waals surface area contributed by atoms with E-state index in [9.17, 15) is 14.7 Å². The molecular weight excluding hydrogens is 304 g/mol. The lowest BCUT2D eigenvalue weighted by atomic mass is 10.1. The van der Waals surface area contributed by atoms with E-state index >= 15 is 0 Å². The Kier molecular flexibility index (Phi) is 7.35. The quantitative estimate of drug-likeness (QED) is 0.737. The molecular formula is C16H23ClN2O3. The smallest absolute Gasteiger partial charge is 0.230 e. The van der Waals surface area contributed by atoms with Gasteiger partial charge < -0.3 is 20.5 Å². The summed E-state index contributed by atoms with van der Waals surface area (Å²) in [5, 5.41) is 16.0.